The van der Waals surface area contributed by atoms with Crippen molar-refractivity contribution >= 4 is 22.3 Å². The number of aromatic nitrogens is 1. The molecule has 0 radical (unpaired) electrons. The number of pyridine rings is 1. The van der Waals surface area contributed by atoms with Gasteiger partial charge in [0.2, 0.25) is 0 Å². The van der Waals surface area contributed by atoms with Crippen molar-refractivity contribution < 1.29 is 4.42 Å². The van der Waals surface area contributed by atoms with Gasteiger partial charge < -0.3 is 15.9 Å². The quantitative estimate of drug-likeness (QED) is 0.656. The molecule has 2 heterocycles. The van der Waals surface area contributed by atoms with Gasteiger partial charge in [-0.25, -0.2) is 0 Å². The molecule has 102 valence electrons. The molecular formula is C15H10N4O2. The first-order valence-electron chi connectivity index (χ1n) is 6.08. The van der Waals surface area contributed by atoms with Crippen LogP contribution in [0.4, 0.5) is 11.4 Å². The summed E-state index contributed by atoms with van der Waals surface area (Å²) >= 11 is 0. The van der Waals surface area contributed by atoms with Crippen molar-refractivity contribution in [1.29, 1.82) is 5.26 Å². The van der Waals surface area contributed by atoms with Crippen LogP contribution in [0.25, 0.3) is 22.4 Å². The average molecular weight is 278 g/mol. The first-order valence-corrected chi connectivity index (χ1v) is 6.08. The Bertz CT molecular complexity index is 937. The van der Waals surface area contributed by atoms with Crippen molar-refractivity contribution in [3.63, 3.8) is 0 Å². The monoisotopic (exact) mass is 278 g/mol. The normalized spacial score (nSPS) is 10.4. The molecule has 3 rings (SSSR count). The fourth-order valence-corrected chi connectivity index (χ4v) is 1.99. The van der Waals surface area contributed by atoms with Crippen LogP contribution < -0.4 is 16.9 Å². The van der Waals surface area contributed by atoms with Crippen molar-refractivity contribution in [2.75, 3.05) is 11.5 Å². The highest BCUT2D eigenvalue weighted by atomic mass is 16.3. The number of anilines is 2. The highest BCUT2D eigenvalue weighted by Gasteiger charge is 2.11. The Balaban J connectivity index is 2.26. The van der Waals surface area contributed by atoms with E-state index in [9.17, 15) is 4.79 Å². The minimum Gasteiger partial charge on any atom is -0.452 e. The van der Waals surface area contributed by atoms with Gasteiger partial charge in [0.25, 0.3) is 0 Å². The van der Waals surface area contributed by atoms with Crippen LogP contribution in [0.1, 0.15) is 5.56 Å². The van der Waals surface area contributed by atoms with Crippen LogP contribution in [0.15, 0.2) is 45.7 Å². The average Bonchev–Trinajstić information content (AvgIpc) is 2.51. The second-order valence-corrected chi connectivity index (χ2v) is 4.46. The Hall–Kier alpha value is -3.33. The van der Waals surface area contributed by atoms with Gasteiger partial charge >= 0.3 is 0 Å². The number of rotatable bonds is 1. The Labute approximate surface area is 119 Å². The van der Waals surface area contributed by atoms with Gasteiger partial charge in [-0.05, 0) is 24.3 Å². The zero-order valence-electron chi connectivity index (χ0n) is 10.8. The minimum absolute atomic E-state index is 0.222. The van der Waals surface area contributed by atoms with E-state index in [1.807, 2.05) is 6.07 Å². The second kappa shape index (κ2) is 4.65. The highest BCUT2D eigenvalue weighted by molar-refractivity contribution is 5.94. The summed E-state index contributed by atoms with van der Waals surface area (Å²) in [5, 5.41) is 9.12. The summed E-state index contributed by atoms with van der Waals surface area (Å²) in [6.45, 7) is 0. The number of nitrogen functional groups attached to an aromatic ring is 2. The summed E-state index contributed by atoms with van der Waals surface area (Å²) in [7, 11) is 0. The summed E-state index contributed by atoms with van der Waals surface area (Å²) in [4.78, 5) is 16.2. The third-order valence-electron chi connectivity index (χ3n) is 3.11. The lowest BCUT2D eigenvalue weighted by molar-refractivity contribution is 0.617. The molecule has 2 aromatic heterocycles. The van der Waals surface area contributed by atoms with Gasteiger partial charge in [-0.2, -0.15) is 5.26 Å². The van der Waals surface area contributed by atoms with E-state index in [-0.39, 0.29) is 22.5 Å². The standard InChI is InChI=1S/C15H10N4O2/c16-6-8-1-4-11(19-7-8)13-5-12(20)9-2-3-10(17)14(18)15(9)21-13/h1-5,7H,17-18H2. The van der Waals surface area contributed by atoms with Gasteiger partial charge in [0.1, 0.15) is 11.8 Å². The largest absolute Gasteiger partial charge is 0.452 e. The van der Waals surface area contributed by atoms with Crippen LogP contribution >= 0.6 is 0 Å². The molecule has 0 unspecified atom stereocenters. The maximum atomic E-state index is 12.1. The summed E-state index contributed by atoms with van der Waals surface area (Å²) in [5.74, 6) is 0.272. The maximum Gasteiger partial charge on any atom is 0.193 e. The van der Waals surface area contributed by atoms with Gasteiger partial charge in [0.15, 0.2) is 16.8 Å². The van der Waals surface area contributed by atoms with Gasteiger partial charge in [0.05, 0.1) is 22.3 Å². The summed E-state index contributed by atoms with van der Waals surface area (Å²) in [5.41, 5.74) is 13.0. The molecule has 0 spiro atoms. The Morgan fingerprint density at radius 2 is 2.00 bits per heavy atom. The molecule has 0 bridgehead atoms. The number of nitriles is 1. The van der Waals surface area contributed by atoms with Gasteiger partial charge in [-0.15, -0.1) is 0 Å². The fourth-order valence-electron chi connectivity index (χ4n) is 1.99. The van der Waals surface area contributed by atoms with Crippen molar-refractivity contribution in [2.45, 2.75) is 0 Å². The van der Waals surface area contributed by atoms with Crippen molar-refractivity contribution in [1.82, 2.24) is 4.98 Å². The SMILES string of the molecule is N#Cc1ccc(-c2cc(=O)c3ccc(N)c(N)c3o2)nc1. The van der Waals surface area contributed by atoms with E-state index in [0.717, 1.165) is 0 Å². The highest BCUT2D eigenvalue weighted by Crippen LogP contribution is 2.28. The van der Waals surface area contributed by atoms with Crippen LogP contribution in [-0.2, 0) is 0 Å². The molecule has 0 amide bonds. The molecule has 0 saturated heterocycles. The molecule has 0 fully saturated rings. The summed E-state index contributed by atoms with van der Waals surface area (Å²) in [6, 6.07) is 9.64. The number of fused-ring (bicyclic) bond motifs is 1. The number of nitrogens with zero attached hydrogens (tertiary/aromatic N) is 2. The lowest BCUT2D eigenvalue weighted by Gasteiger charge is -2.06. The molecule has 0 aliphatic carbocycles. The number of benzene rings is 1. The van der Waals surface area contributed by atoms with E-state index in [1.165, 1.54) is 12.3 Å². The van der Waals surface area contributed by atoms with Crippen LogP contribution in [-0.4, -0.2) is 4.98 Å². The Kier molecular flexibility index (Phi) is 2.81. The third kappa shape index (κ3) is 2.07. The van der Waals surface area contributed by atoms with Crippen LogP contribution in [0.2, 0.25) is 0 Å². The Morgan fingerprint density at radius 3 is 2.67 bits per heavy atom. The lowest BCUT2D eigenvalue weighted by Crippen LogP contribution is -2.04. The van der Waals surface area contributed by atoms with Crippen LogP contribution in [0.3, 0.4) is 0 Å². The molecule has 4 N–H and O–H groups in total. The summed E-state index contributed by atoms with van der Waals surface area (Å²) < 4.78 is 5.66. The molecular weight excluding hydrogens is 268 g/mol. The first-order chi connectivity index (χ1) is 10.1. The molecule has 1 aromatic carbocycles. The fraction of sp³-hybridized carbons (Fsp3) is 0. The van der Waals surface area contributed by atoms with Gasteiger partial charge in [-0.1, -0.05) is 0 Å². The molecule has 0 aliphatic heterocycles. The van der Waals surface area contributed by atoms with Gasteiger partial charge in [0, 0.05) is 12.3 Å². The Morgan fingerprint density at radius 1 is 1.19 bits per heavy atom. The molecule has 6 heteroatoms. The van der Waals surface area contributed by atoms with E-state index in [2.05, 4.69) is 4.98 Å². The van der Waals surface area contributed by atoms with E-state index in [0.29, 0.717) is 22.3 Å². The minimum atomic E-state index is -0.232. The molecule has 3 aromatic rings. The van der Waals surface area contributed by atoms with Crippen molar-refractivity contribution in [3.8, 4) is 17.5 Å². The topological polar surface area (TPSA) is 119 Å². The summed E-state index contributed by atoms with van der Waals surface area (Å²) in [6.07, 6.45) is 1.40. The van der Waals surface area contributed by atoms with Gasteiger partial charge in [-0.3, -0.25) is 9.78 Å². The van der Waals surface area contributed by atoms with E-state index < -0.39 is 0 Å². The first kappa shape index (κ1) is 12.7. The molecule has 0 atom stereocenters. The number of nitrogens with two attached hydrogens (primary N) is 2. The predicted molar refractivity (Wildman–Crippen MR) is 79.3 cm³/mol. The van der Waals surface area contributed by atoms with Crippen molar-refractivity contribution in [2.24, 2.45) is 0 Å². The lowest BCUT2D eigenvalue weighted by atomic mass is 10.1. The molecule has 21 heavy (non-hydrogen) atoms. The zero-order valence-corrected chi connectivity index (χ0v) is 10.8. The third-order valence-corrected chi connectivity index (χ3v) is 3.11. The zero-order chi connectivity index (χ0) is 15.0. The van der Waals surface area contributed by atoms with E-state index >= 15 is 0 Å². The number of hydrogen-bond acceptors (Lipinski definition) is 6. The van der Waals surface area contributed by atoms with Crippen LogP contribution in [0, 0.1) is 11.3 Å². The van der Waals surface area contributed by atoms with E-state index in [4.69, 9.17) is 21.1 Å². The predicted octanol–water partition coefficient (Wildman–Crippen LogP) is 1.89. The second-order valence-electron chi connectivity index (χ2n) is 4.46. The van der Waals surface area contributed by atoms with Crippen molar-refractivity contribution in [3.05, 3.63) is 52.3 Å². The molecule has 6 nitrogen and oxygen atoms in total. The maximum absolute atomic E-state index is 12.1. The van der Waals surface area contributed by atoms with E-state index in [1.54, 1.807) is 24.3 Å². The smallest absolute Gasteiger partial charge is 0.193 e. The molecule has 0 saturated carbocycles. The molecule has 0 aliphatic rings. The number of hydrogen-bond donors (Lipinski definition) is 2. The van der Waals surface area contributed by atoms with Crippen LogP contribution in [0.5, 0.6) is 0 Å².